The minimum atomic E-state index is -0.918. The van der Waals surface area contributed by atoms with Crippen molar-refractivity contribution < 1.29 is 13.0 Å². The van der Waals surface area contributed by atoms with Crippen LogP contribution in [0.4, 0.5) is 14.5 Å². The first kappa shape index (κ1) is 24.1. The van der Waals surface area contributed by atoms with Crippen LogP contribution in [-0.4, -0.2) is 65.3 Å². The first-order valence-corrected chi connectivity index (χ1v) is 10.1. The third kappa shape index (κ3) is 6.85. The van der Waals surface area contributed by atoms with Crippen molar-refractivity contribution in [1.29, 1.82) is 0 Å². The molecule has 0 saturated carbocycles. The molecule has 1 atom stereocenters. The first-order chi connectivity index (χ1) is 12.2. The Morgan fingerprint density at radius 1 is 1.22 bits per heavy atom. The van der Waals surface area contributed by atoms with Crippen LogP contribution in [0.3, 0.4) is 0 Å². The van der Waals surface area contributed by atoms with Crippen LogP contribution < -0.4 is 10.2 Å². The van der Waals surface area contributed by atoms with Gasteiger partial charge in [-0.1, -0.05) is 0 Å². The Kier molecular flexibility index (Phi) is 9.40. The SMILES string of the molecule is CN=C(NCCS(=O)C(C)(C)C)N1CCN(c2cc(F)ccc2F)CC1.I. The molecule has 27 heavy (non-hydrogen) atoms. The predicted octanol–water partition coefficient (Wildman–Crippen LogP) is 2.83. The molecule has 0 aromatic heterocycles. The molecule has 0 amide bonds. The topological polar surface area (TPSA) is 47.9 Å². The normalized spacial score (nSPS) is 16.7. The van der Waals surface area contributed by atoms with Crippen molar-refractivity contribution in [3.8, 4) is 0 Å². The molecule has 9 heteroatoms. The van der Waals surface area contributed by atoms with Gasteiger partial charge in [0.2, 0.25) is 0 Å². The monoisotopic (exact) mass is 514 g/mol. The molecule has 1 aromatic rings. The summed E-state index contributed by atoms with van der Waals surface area (Å²) in [7, 11) is 0.792. The van der Waals surface area contributed by atoms with Crippen LogP contribution in [0.15, 0.2) is 23.2 Å². The third-order valence-corrected chi connectivity index (χ3v) is 6.23. The van der Waals surface area contributed by atoms with Crippen LogP contribution in [0.5, 0.6) is 0 Å². The summed E-state index contributed by atoms with van der Waals surface area (Å²) in [6.45, 7) is 8.92. The van der Waals surface area contributed by atoms with Gasteiger partial charge in [-0.05, 0) is 32.9 Å². The maximum atomic E-state index is 13.9. The Balaban J connectivity index is 0.00000364. The Bertz CT molecular complexity index is 674. The van der Waals surface area contributed by atoms with Crippen molar-refractivity contribution in [2.24, 2.45) is 4.99 Å². The Hall–Kier alpha value is -0.970. The summed E-state index contributed by atoms with van der Waals surface area (Å²) in [5.74, 6) is 0.451. The molecule has 0 aliphatic carbocycles. The second kappa shape index (κ2) is 10.5. The standard InChI is InChI=1S/C18H28F2N4OS.HI/c1-18(2,3)26(25)12-7-22-17(21-4)24-10-8-23(9-11-24)16-13-14(19)5-6-15(16)20;/h5-6,13H,7-12H2,1-4H3,(H,21,22);1H. The van der Waals surface area contributed by atoms with Gasteiger partial charge in [-0.3, -0.25) is 9.20 Å². The van der Waals surface area contributed by atoms with Gasteiger partial charge in [0.1, 0.15) is 11.6 Å². The molecule has 1 saturated heterocycles. The van der Waals surface area contributed by atoms with E-state index in [2.05, 4.69) is 15.2 Å². The minimum Gasteiger partial charge on any atom is -0.366 e. The maximum Gasteiger partial charge on any atom is 0.193 e. The lowest BCUT2D eigenvalue weighted by Crippen LogP contribution is -2.53. The molecule has 1 aliphatic rings. The number of anilines is 1. The highest BCUT2D eigenvalue weighted by Gasteiger charge is 2.23. The number of hydrogen-bond acceptors (Lipinski definition) is 3. The molecule has 2 rings (SSSR count). The summed E-state index contributed by atoms with van der Waals surface area (Å²) in [4.78, 5) is 8.20. The third-order valence-electron chi connectivity index (χ3n) is 4.29. The van der Waals surface area contributed by atoms with Gasteiger partial charge in [0.25, 0.3) is 0 Å². The van der Waals surface area contributed by atoms with Crippen LogP contribution in [-0.2, 0) is 10.8 Å². The van der Waals surface area contributed by atoms with Crippen LogP contribution in [0.2, 0.25) is 0 Å². The zero-order chi connectivity index (χ0) is 19.3. The number of rotatable bonds is 4. The molecule has 0 radical (unpaired) electrons. The number of halogens is 3. The van der Waals surface area contributed by atoms with Crippen molar-refractivity contribution in [3.63, 3.8) is 0 Å². The summed E-state index contributed by atoms with van der Waals surface area (Å²) in [6.07, 6.45) is 0. The van der Waals surface area contributed by atoms with E-state index in [1.165, 1.54) is 6.07 Å². The lowest BCUT2D eigenvalue weighted by molar-refractivity contribution is 0.371. The van der Waals surface area contributed by atoms with E-state index in [-0.39, 0.29) is 28.7 Å². The van der Waals surface area contributed by atoms with Crippen molar-refractivity contribution in [2.45, 2.75) is 25.5 Å². The van der Waals surface area contributed by atoms with Crippen molar-refractivity contribution in [2.75, 3.05) is 50.4 Å². The van der Waals surface area contributed by atoms with Gasteiger partial charge in [0.15, 0.2) is 5.96 Å². The van der Waals surface area contributed by atoms with Gasteiger partial charge in [-0.15, -0.1) is 24.0 Å². The number of benzene rings is 1. The lowest BCUT2D eigenvalue weighted by Gasteiger charge is -2.37. The summed E-state index contributed by atoms with van der Waals surface area (Å²) in [5, 5.41) is 3.25. The fourth-order valence-electron chi connectivity index (χ4n) is 2.78. The average Bonchev–Trinajstić information content (AvgIpc) is 2.60. The molecule has 1 aromatic carbocycles. The number of guanidine groups is 1. The lowest BCUT2D eigenvalue weighted by atomic mass is 10.2. The number of nitrogens with zero attached hydrogens (tertiary/aromatic N) is 3. The summed E-state index contributed by atoms with van der Waals surface area (Å²) >= 11 is 0. The molecule has 1 unspecified atom stereocenters. The average molecular weight is 514 g/mol. The van der Waals surface area contributed by atoms with Crippen molar-refractivity contribution in [3.05, 3.63) is 29.8 Å². The second-order valence-electron chi connectivity index (χ2n) is 7.21. The quantitative estimate of drug-likeness (QED) is 0.382. The largest absolute Gasteiger partial charge is 0.366 e. The zero-order valence-electron chi connectivity index (χ0n) is 16.3. The molecule has 1 heterocycles. The molecule has 1 fully saturated rings. The van der Waals surface area contributed by atoms with E-state index in [0.717, 1.165) is 18.1 Å². The van der Waals surface area contributed by atoms with Crippen molar-refractivity contribution in [1.82, 2.24) is 10.2 Å². The van der Waals surface area contributed by atoms with E-state index in [4.69, 9.17) is 0 Å². The number of hydrogen-bond donors (Lipinski definition) is 1. The minimum absolute atomic E-state index is 0. The highest BCUT2D eigenvalue weighted by molar-refractivity contribution is 14.0. The Labute approximate surface area is 180 Å². The molecule has 5 nitrogen and oxygen atoms in total. The smallest absolute Gasteiger partial charge is 0.193 e. The second-order valence-corrected chi connectivity index (χ2v) is 9.53. The van der Waals surface area contributed by atoms with Crippen LogP contribution in [0.25, 0.3) is 0 Å². The van der Waals surface area contributed by atoms with E-state index < -0.39 is 22.4 Å². The molecular weight excluding hydrogens is 485 g/mol. The van der Waals surface area contributed by atoms with Gasteiger partial charge in [-0.25, -0.2) is 8.78 Å². The van der Waals surface area contributed by atoms with Gasteiger partial charge < -0.3 is 15.1 Å². The van der Waals surface area contributed by atoms with Crippen LogP contribution in [0, 0.1) is 11.6 Å². The highest BCUT2D eigenvalue weighted by Crippen LogP contribution is 2.21. The number of nitrogens with one attached hydrogen (secondary N) is 1. The molecular formula is C18H29F2IN4OS. The van der Waals surface area contributed by atoms with Gasteiger partial charge in [0, 0.05) is 67.1 Å². The van der Waals surface area contributed by atoms with E-state index >= 15 is 0 Å². The van der Waals surface area contributed by atoms with Gasteiger partial charge in [-0.2, -0.15) is 0 Å². The Morgan fingerprint density at radius 3 is 2.41 bits per heavy atom. The maximum absolute atomic E-state index is 13.9. The number of aliphatic imine (C=N–C) groups is 1. The molecule has 0 bridgehead atoms. The predicted molar refractivity (Wildman–Crippen MR) is 120 cm³/mol. The van der Waals surface area contributed by atoms with Gasteiger partial charge in [0.05, 0.1) is 5.69 Å². The van der Waals surface area contributed by atoms with Crippen molar-refractivity contribution >= 4 is 46.4 Å². The van der Waals surface area contributed by atoms with E-state index in [1.54, 1.807) is 7.05 Å². The molecule has 1 N–H and O–H groups in total. The Morgan fingerprint density at radius 2 is 1.85 bits per heavy atom. The van der Waals surface area contributed by atoms with Gasteiger partial charge >= 0.3 is 0 Å². The molecule has 154 valence electrons. The fourth-order valence-corrected chi connectivity index (χ4v) is 3.68. The van der Waals surface area contributed by atoms with E-state index in [9.17, 15) is 13.0 Å². The molecule has 0 spiro atoms. The highest BCUT2D eigenvalue weighted by atomic mass is 127. The summed E-state index contributed by atoms with van der Waals surface area (Å²) < 4.78 is 39.2. The summed E-state index contributed by atoms with van der Waals surface area (Å²) in [6, 6.07) is 3.52. The molecule has 1 aliphatic heterocycles. The zero-order valence-corrected chi connectivity index (χ0v) is 19.4. The first-order valence-electron chi connectivity index (χ1n) is 8.76. The van der Waals surface area contributed by atoms with E-state index in [1.807, 2.05) is 25.7 Å². The number of piperazine rings is 1. The van der Waals surface area contributed by atoms with Crippen LogP contribution >= 0.6 is 24.0 Å². The summed E-state index contributed by atoms with van der Waals surface area (Å²) in [5.41, 5.74) is 0.299. The van der Waals surface area contributed by atoms with E-state index in [0.29, 0.717) is 44.2 Å². The fraction of sp³-hybridized carbons (Fsp3) is 0.611. The van der Waals surface area contributed by atoms with Crippen LogP contribution in [0.1, 0.15) is 20.8 Å².